The predicted octanol–water partition coefficient (Wildman–Crippen LogP) is -2.82. The maximum atomic E-state index is 9.71. The van der Waals surface area contributed by atoms with Crippen molar-refractivity contribution in [2.75, 3.05) is 13.2 Å². The number of aliphatic hydroxyl groups excluding tert-OH is 2. The van der Waals surface area contributed by atoms with Crippen molar-refractivity contribution in [1.82, 2.24) is 0 Å². The monoisotopic (exact) mass is 384 g/mol. The van der Waals surface area contributed by atoms with E-state index >= 15 is 0 Å². The topological polar surface area (TPSA) is 113 Å². The van der Waals surface area contributed by atoms with Crippen molar-refractivity contribution in [3.8, 4) is 0 Å². The molecule has 0 aliphatic rings. The zero-order valence-electron chi connectivity index (χ0n) is 5.57. The van der Waals surface area contributed by atoms with Crippen molar-refractivity contribution in [3.05, 3.63) is 0 Å². The summed E-state index contributed by atoms with van der Waals surface area (Å²) in [6, 6.07) is 0. The van der Waals surface area contributed by atoms with E-state index in [-0.39, 0.29) is 44.8 Å². The fourth-order valence-corrected chi connectivity index (χ4v) is 0.585. The second kappa shape index (κ2) is 9.08. The van der Waals surface area contributed by atoms with Gasteiger partial charge in [-0.05, 0) is 0 Å². The van der Waals surface area contributed by atoms with E-state index in [4.69, 9.17) is 10.2 Å². The SMILES string of the molecule is O=P([O-])([O-])OCC(O)CO.[Ag+].[Ag+]. The maximum Gasteiger partial charge on any atom is 1.00 e. The summed E-state index contributed by atoms with van der Waals surface area (Å²) in [7, 11) is -5.00. The maximum absolute atomic E-state index is 9.71. The smallest absolute Gasteiger partial charge is 0.790 e. The van der Waals surface area contributed by atoms with Gasteiger partial charge in [0.15, 0.2) is 0 Å². The van der Waals surface area contributed by atoms with Crippen LogP contribution in [0, 0.1) is 0 Å². The van der Waals surface area contributed by atoms with Gasteiger partial charge in [-0.15, -0.1) is 0 Å². The molecule has 1 atom stereocenters. The Balaban J connectivity index is -0.000000405. The minimum Gasteiger partial charge on any atom is -0.790 e. The van der Waals surface area contributed by atoms with Crippen LogP contribution >= 0.6 is 7.82 Å². The van der Waals surface area contributed by atoms with E-state index in [1.807, 2.05) is 0 Å². The number of rotatable bonds is 4. The van der Waals surface area contributed by atoms with Crippen LogP contribution in [0.25, 0.3) is 0 Å². The Morgan fingerprint density at radius 2 is 1.83 bits per heavy atom. The molecule has 0 aliphatic carbocycles. The zero-order chi connectivity index (χ0) is 8.20. The molecule has 0 bridgehead atoms. The van der Waals surface area contributed by atoms with E-state index in [1.54, 1.807) is 0 Å². The van der Waals surface area contributed by atoms with Crippen molar-refractivity contribution in [3.63, 3.8) is 0 Å². The third-order valence-corrected chi connectivity index (χ3v) is 1.10. The van der Waals surface area contributed by atoms with E-state index < -0.39 is 27.1 Å². The van der Waals surface area contributed by atoms with Gasteiger partial charge in [0.05, 0.1) is 21.0 Å². The Hall–Kier alpha value is 1.51. The van der Waals surface area contributed by atoms with Crippen LogP contribution in [0.5, 0.6) is 0 Å². The predicted molar refractivity (Wildman–Crippen MR) is 26.7 cm³/mol. The second-order valence-electron chi connectivity index (χ2n) is 1.58. The first-order chi connectivity index (χ1) is 4.45. The molecule has 9 heteroatoms. The van der Waals surface area contributed by atoms with Gasteiger partial charge in [-0.1, -0.05) is 0 Å². The van der Waals surface area contributed by atoms with Crippen LogP contribution in [0.2, 0.25) is 0 Å². The Labute approximate surface area is 101 Å². The molecule has 0 saturated carbocycles. The summed E-state index contributed by atoms with van der Waals surface area (Å²) in [5.74, 6) is 0. The van der Waals surface area contributed by atoms with Crippen LogP contribution in [0.4, 0.5) is 0 Å². The summed E-state index contributed by atoms with van der Waals surface area (Å²) in [6.07, 6.45) is -1.32. The molecule has 2 N–H and O–H groups in total. The molecule has 0 aromatic rings. The van der Waals surface area contributed by atoms with E-state index in [0.29, 0.717) is 0 Å². The number of hydrogen-bond donors (Lipinski definition) is 2. The van der Waals surface area contributed by atoms with E-state index in [1.165, 1.54) is 0 Å². The molecule has 0 aliphatic heterocycles. The first-order valence-electron chi connectivity index (χ1n) is 2.41. The van der Waals surface area contributed by atoms with Crippen LogP contribution in [0.3, 0.4) is 0 Å². The molecular weight excluding hydrogens is 379 g/mol. The molecule has 0 saturated heterocycles. The number of hydrogen-bond acceptors (Lipinski definition) is 6. The van der Waals surface area contributed by atoms with E-state index in [2.05, 4.69) is 4.52 Å². The van der Waals surface area contributed by atoms with Crippen molar-refractivity contribution in [2.45, 2.75) is 6.10 Å². The van der Waals surface area contributed by atoms with Crippen molar-refractivity contribution in [1.29, 1.82) is 0 Å². The molecule has 0 aromatic carbocycles. The van der Waals surface area contributed by atoms with Crippen molar-refractivity contribution >= 4 is 7.82 Å². The Morgan fingerprint density at radius 3 is 2.08 bits per heavy atom. The van der Waals surface area contributed by atoms with Crippen LogP contribution in [0.1, 0.15) is 0 Å². The molecule has 1 unspecified atom stereocenters. The Kier molecular flexibility index (Phi) is 14.5. The van der Waals surface area contributed by atoms with Gasteiger partial charge in [0, 0.05) is 0 Å². The second-order valence-corrected chi connectivity index (χ2v) is 2.73. The van der Waals surface area contributed by atoms with Gasteiger partial charge in [0.25, 0.3) is 0 Å². The van der Waals surface area contributed by atoms with Gasteiger partial charge in [0.2, 0.25) is 0 Å². The van der Waals surface area contributed by atoms with Gasteiger partial charge in [-0.2, -0.15) is 0 Å². The molecule has 0 radical (unpaired) electrons. The average Bonchev–Trinajstić information content (AvgIpc) is 1.81. The van der Waals surface area contributed by atoms with Crippen LogP contribution in [0.15, 0.2) is 0 Å². The Morgan fingerprint density at radius 1 is 1.42 bits per heavy atom. The van der Waals surface area contributed by atoms with Gasteiger partial charge in [-0.3, -0.25) is 0 Å². The normalized spacial score (nSPS) is 12.7. The van der Waals surface area contributed by atoms with Crippen LogP contribution in [-0.2, 0) is 53.8 Å². The minimum absolute atomic E-state index is 0. The first-order valence-corrected chi connectivity index (χ1v) is 3.87. The summed E-state index contributed by atoms with van der Waals surface area (Å²) in [5.41, 5.74) is 0. The third kappa shape index (κ3) is 14.1. The van der Waals surface area contributed by atoms with Gasteiger partial charge < -0.3 is 29.1 Å². The molecule has 12 heavy (non-hydrogen) atoms. The Bertz CT molecular complexity index is 137. The summed E-state index contributed by atoms with van der Waals surface area (Å²) >= 11 is 0. The molecule has 0 fully saturated rings. The van der Waals surface area contributed by atoms with Gasteiger partial charge >= 0.3 is 44.8 Å². The molecule has 0 heterocycles. The van der Waals surface area contributed by atoms with E-state index in [0.717, 1.165) is 0 Å². The summed E-state index contributed by atoms with van der Waals surface area (Å²) in [4.78, 5) is 19.4. The van der Waals surface area contributed by atoms with Gasteiger partial charge in [0.1, 0.15) is 6.10 Å². The van der Waals surface area contributed by atoms with Crippen molar-refractivity contribution < 1.29 is 73.8 Å². The number of phosphoric acid groups is 1. The molecule has 0 aromatic heterocycles. The third-order valence-electron chi connectivity index (χ3n) is 0.636. The molecule has 82 valence electrons. The standard InChI is InChI=1S/C3H9O6P.2Ag/c4-1-3(5)2-9-10(6,7)8;;/h3-5H,1-2H2,(H2,6,7,8);;/q;2*+1/p-2. The van der Waals surface area contributed by atoms with Crippen LogP contribution < -0.4 is 9.79 Å². The largest absolute Gasteiger partial charge is 1.00 e. The molecular formula is C3H7Ag2O6P. The minimum atomic E-state index is -5.00. The summed E-state index contributed by atoms with van der Waals surface area (Å²) in [6.45, 7) is -1.33. The quantitative estimate of drug-likeness (QED) is 0.399. The van der Waals surface area contributed by atoms with Crippen LogP contribution in [-0.4, -0.2) is 29.5 Å². The number of aliphatic hydroxyl groups is 2. The molecule has 6 nitrogen and oxygen atoms in total. The fourth-order valence-electron chi connectivity index (χ4n) is 0.230. The molecule has 0 amide bonds. The molecule has 0 spiro atoms. The zero-order valence-corrected chi connectivity index (χ0v) is 9.43. The fraction of sp³-hybridized carbons (Fsp3) is 1.00. The van der Waals surface area contributed by atoms with E-state index in [9.17, 15) is 14.4 Å². The van der Waals surface area contributed by atoms with Gasteiger partial charge in [-0.25, -0.2) is 0 Å². The van der Waals surface area contributed by atoms with Crippen molar-refractivity contribution in [2.24, 2.45) is 0 Å². The molecule has 0 rings (SSSR count). The average molecular weight is 386 g/mol. The summed E-state index contributed by atoms with van der Waals surface area (Å²) < 4.78 is 13.3. The first kappa shape index (κ1) is 19.1. The summed E-state index contributed by atoms with van der Waals surface area (Å²) in [5, 5.41) is 16.6. The number of phosphoric ester groups is 1.